The van der Waals surface area contributed by atoms with Crippen molar-refractivity contribution < 1.29 is 9.59 Å². The van der Waals surface area contributed by atoms with Gasteiger partial charge in [0.15, 0.2) is 5.78 Å². The molecule has 0 N–H and O–H groups in total. The highest BCUT2D eigenvalue weighted by atomic mass is 16.1. The normalized spacial score (nSPS) is 14.9. The number of rotatable bonds is 1. The van der Waals surface area contributed by atoms with Gasteiger partial charge in [-0.15, -0.1) is 0 Å². The smallest absolute Gasteiger partial charge is 0.277 e. The number of carbonyl (C=O) groups excluding carboxylic acids is 2. The maximum absolute atomic E-state index is 12.2. The largest absolute Gasteiger partial charge is 0.290 e. The van der Waals surface area contributed by atoms with Crippen molar-refractivity contribution >= 4 is 17.4 Å². The number of hydrogen-bond donors (Lipinski definition) is 0. The first kappa shape index (κ1) is 13.1. The zero-order valence-corrected chi connectivity index (χ0v) is 11.2. The fraction of sp³-hybridized carbons (Fsp3) is 0.188. The third-order valence-corrected chi connectivity index (χ3v) is 3.05. The molecule has 0 bridgehead atoms. The molecule has 0 fully saturated rings. The Morgan fingerprint density at radius 1 is 1.00 bits per heavy atom. The SMILES string of the molecule is CC1=CC(=O)C=C(C)C1=NC(=O)c1ccccc1C. The van der Waals surface area contributed by atoms with Gasteiger partial charge in [-0.25, -0.2) is 4.99 Å². The molecule has 1 aliphatic rings. The first-order valence-corrected chi connectivity index (χ1v) is 6.09. The predicted octanol–water partition coefficient (Wildman–Crippen LogP) is 3.05. The number of aliphatic imine (C=N–C) groups is 1. The minimum absolute atomic E-state index is 0.0581. The Hall–Kier alpha value is -2.29. The summed E-state index contributed by atoms with van der Waals surface area (Å²) in [6.45, 7) is 5.46. The third-order valence-electron chi connectivity index (χ3n) is 3.05. The summed E-state index contributed by atoms with van der Waals surface area (Å²) >= 11 is 0. The van der Waals surface area contributed by atoms with Crippen molar-refractivity contribution in [3.63, 3.8) is 0 Å². The number of carbonyl (C=O) groups is 2. The van der Waals surface area contributed by atoms with Crippen LogP contribution in [0, 0.1) is 6.92 Å². The van der Waals surface area contributed by atoms with Crippen molar-refractivity contribution in [3.8, 4) is 0 Å². The summed E-state index contributed by atoms with van der Waals surface area (Å²) in [6, 6.07) is 7.34. The van der Waals surface area contributed by atoms with Crippen LogP contribution in [0.1, 0.15) is 29.8 Å². The minimum atomic E-state index is -0.275. The Labute approximate surface area is 112 Å². The lowest BCUT2D eigenvalue weighted by molar-refractivity contribution is -0.110. The van der Waals surface area contributed by atoms with Crippen molar-refractivity contribution in [1.82, 2.24) is 0 Å². The van der Waals surface area contributed by atoms with Crippen LogP contribution in [0.5, 0.6) is 0 Å². The summed E-state index contributed by atoms with van der Waals surface area (Å²) in [4.78, 5) is 27.7. The summed E-state index contributed by atoms with van der Waals surface area (Å²) in [5, 5.41) is 0. The molecule has 0 saturated carbocycles. The Morgan fingerprint density at radius 3 is 2.16 bits per heavy atom. The van der Waals surface area contributed by atoms with Gasteiger partial charge in [-0.3, -0.25) is 9.59 Å². The standard InChI is InChI=1S/C16H15NO2/c1-10-6-4-5-7-14(10)16(19)17-15-11(2)8-13(18)9-12(15)3/h4-9H,1-3H3. The molecule has 96 valence electrons. The molecule has 1 aliphatic carbocycles. The summed E-state index contributed by atoms with van der Waals surface area (Å²) in [5.41, 5.74) is 3.53. The van der Waals surface area contributed by atoms with Crippen molar-refractivity contribution in [2.75, 3.05) is 0 Å². The van der Waals surface area contributed by atoms with Crippen molar-refractivity contribution in [2.45, 2.75) is 20.8 Å². The highest BCUT2D eigenvalue weighted by molar-refractivity contribution is 6.25. The van der Waals surface area contributed by atoms with Crippen molar-refractivity contribution in [1.29, 1.82) is 0 Å². The van der Waals surface area contributed by atoms with E-state index in [-0.39, 0.29) is 11.7 Å². The first-order chi connectivity index (χ1) is 8.99. The number of nitrogens with zero attached hydrogens (tertiary/aromatic N) is 1. The Balaban J connectivity index is 2.40. The van der Waals surface area contributed by atoms with Crippen LogP contribution in [0.25, 0.3) is 0 Å². The van der Waals surface area contributed by atoms with Gasteiger partial charge in [-0.05, 0) is 55.7 Å². The van der Waals surface area contributed by atoms with E-state index in [1.165, 1.54) is 12.2 Å². The van der Waals surface area contributed by atoms with Crippen LogP contribution < -0.4 is 0 Å². The zero-order valence-electron chi connectivity index (χ0n) is 11.2. The maximum Gasteiger partial charge on any atom is 0.277 e. The van der Waals surface area contributed by atoms with Gasteiger partial charge in [0.25, 0.3) is 5.91 Å². The van der Waals surface area contributed by atoms with E-state index in [4.69, 9.17) is 0 Å². The van der Waals surface area contributed by atoms with E-state index in [9.17, 15) is 9.59 Å². The Kier molecular flexibility index (Phi) is 3.56. The molecule has 0 radical (unpaired) electrons. The van der Waals surface area contributed by atoms with E-state index < -0.39 is 0 Å². The van der Waals surface area contributed by atoms with Gasteiger partial charge in [-0.1, -0.05) is 18.2 Å². The molecule has 0 heterocycles. The maximum atomic E-state index is 12.2. The molecule has 3 nitrogen and oxygen atoms in total. The van der Waals surface area contributed by atoms with E-state index in [1.54, 1.807) is 19.9 Å². The van der Waals surface area contributed by atoms with Gasteiger partial charge >= 0.3 is 0 Å². The van der Waals surface area contributed by atoms with Crippen LogP contribution in [-0.4, -0.2) is 17.4 Å². The Morgan fingerprint density at radius 2 is 1.58 bits per heavy atom. The molecule has 1 amide bonds. The molecule has 1 aromatic rings. The van der Waals surface area contributed by atoms with Crippen molar-refractivity contribution in [3.05, 3.63) is 58.7 Å². The lowest BCUT2D eigenvalue weighted by Crippen LogP contribution is -2.13. The van der Waals surface area contributed by atoms with Crippen LogP contribution >= 0.6 is 0 Å². The second kappa shape index (κ2) is 5.14. The molecule has 3 heteroatoms. The van der Waals surface area contributed by atoms with E-state index >= 15 is 0 Å². The topological polar surface area (TPSA) is 46.5 Å². The summed E-state index contributed by atoms with van der Waals surface area (Å²) in [6.07, 6.45) is 2.99. The monoisotopic (exact) mass is 253 g/mol. The molecule has 0 saturated heterocycles. The van der Waals surface area contributed by atoms with E-state index in [0.29, 0.717) is 11.3 Å². The summed E-state index contributed by atoms with van der Waals surface area (Å²) in [7, 11) is 0. The number of allylic oxidation sites excluding steroid dienone is 4. The molecule has 0 unspecified atom stereocenters. The van der Waals surface area contributed by atoms with Gasteiger partial charge in [-0.2, -0.15) is 0 Å². The number of hydrogen-bond acceptors (Lipinski definition) is 2. The van der Waals surface area contributed by atoms with E-state index in [1.807, 2.05) is 25.1 Å². The van der Waals surface area contributed by atoms with Crippen LogP contribution in [0.3, 0.4) is 0 Å². The van der Waals surface area contributed by atoms with Crippen LogP contribution in [-0.2, 0) is 4.79 Å². The summed E-state index contributed by atoms with van der Waals surface area (Å²) < 4.78 is 0. The minimum Gasteiger partial charge on any atom is -0.290 e. The van der Waals surface area contributed by atoms with Gasteiger partial charge in [0.05, 0.1) is 5.71 Å². The molecular formula is C16H15NO2. The second-order valence-electron chi connectivity index (χ2n) is 4.64. The first-order valence-electron chi connectivity index (χ1n) is 6.09. The number of aryl methyl sites for hydroxylation is 1. The van der Waals surface area contributed by atoms with Crippen LogP contribution in [0.15, 0.2) is 52.6 Å². The fourth-order valence-electron chi connectivity index (χ4n) is 2.07. The van der Waals surface area contributed by atoms with Gasteiger partial charge in [0.2, 0.25) is 0 Å². The summed E-state index contributed by atoms with van der Waals surface area (Å²) in [5.74, 6) is -0.333. The quantitative estimate of drug-likeness (QED) is 0.722. The van der Waals surface area contributed by atoms with Gasteiger partial charge < -0.3 is 0 Å². The molecular weight excluding hydrogens is 238 g/mol. The molecule has 0 atom stereocenters. The predicted molar refractivity (Wildman–Crippen MR) is 75.5 cm³/mol. The van der Waals surface area contributed by atoms with Crippen LogP contribution in [0.4, 0.5) is 0 Å². The molecule has 2 rings (SSSR count). The van der Waals surface area contributed by atoms with Gasteiger partial charge in [0, 0.05) is 5.56 Å². The van der Waals surface area contributed by atoms with Crippen molar-refractivity contribution in [2.24, 2.45) is 4.99 Å². The zero-order chi connectivity index (χ0) is 14.0. The average Bonchev–Trinajstić information content (AvgIpc) is 2.34. The molecule has 0 aromatic heterocycles. The number of amides is 1. The average molecular weight is 253 g/mol. The highest BCUT2D eigenvalue weighted by Crippen LogP contribution is 2.16. The molecule has 1 aromatic carbocycles. The molecule has 0 aliphatic heterocycles. The molecule has 19 heavy (non-hydrogen) atoms. The molecule has 0 spiro atoms. The third kappa shape index (κ3) is 2.76. The van der Waals surface area contributed by atoms with E-state index in [0.717, 1.165) is 16.7 Å². The Bertz CT molecular complexity index is 624. The lowest BCUT2D eigenvalue weighted by atomic mass is 9.97. The number of ketones is 1. The highest BCUT2D eigenvalue weighted by Gasteiger charge is 2.16. The van der Waals surface area contributed by atoms with Gasteiger partial charge in [0.1, 0.15) is 0 Å². The lowest BCUT2D eigenvalue weighted by Gasteiger charge is -2.11. The van der Waals surface area contributed by atoms with E-state index in [2.05, 4.69) is 4.99 Å². The van der Waals surface area contributed by atoms with Crippen LogP contribution in [0.2, 0.25) is 0 Å². The fourth-order valence-corrected chi connectivity index (χ4v) is 2.07. The number of benzene rings is 1. The second-order valence-corrected chi connectivity index (χ2v) is 4.64.